The average molecular weight is 466 g/mol. The molecule has 180 valence electrons. The number of alkyl halides is 3. The number of hydrogen-bond acceptors (Lipinski definition) is 4. The molecule has 2 aromatic rings. The molecule has 1 aromatic carbocycles. The minimum absolute atomic E-state index is 0.0934. The molecule has 1 aromatic heterocycles. The number of benzene rings is 1. The van der Waals surface area contributed by atoms with Gasteiger partial charge in [0.2, 0.25) is 0 Å². The van der Waals surface area contributed by atoms with E-state index in [0.717, 1.165) is 25.3 Å². The second kappa shape index (κ2) is 10.4. The molecule has 0 unspecified atom stereocenters. The number of nitrogens with one attached hydrogen (secondary N) is 1. The number of aromatic nitrogens is 2. The van der Waals surface area contributed by atoms with E-state index in [-0.39, 0.29) is 41.7 Å². The van der Waals surface area contributed by atoms with Gasteiger partial charge in [-0.15, -0.1) is 0 Å². The second-order valence-electron chi connectivity index (χ2n) is 8.48. The van der Waals surface area contributed by atoms with Gasteiger partial charge in [-0.1, -0.05) is 25.1 Å². The molecule has 1 saturated heterocycles. The lowest BCUT2D eigenvalue weighted by Crippen LogP contribution is -2.36. The fraction of sp³-hybridized carbons (Fsp3) is 0.522. The Kier molecular flexibility index (Phi) is 7.78. The SMILES string of the molecule is CC[C@@H](C[C@H]1CCN(C(=O)n2ccc(C(=O)NC)n2)C1)N(C)Cc1ccccc1C(F)(F)F. The van der Waals surface area contributed by atoms with E-state index in [1.165, 1.54) is 36.1 Å². The summed E-state index contributed by atoms with van der Waals surface area (Å²) in [6, 6.07) is 6.99. The van der Waals surface area contributed by atoms with Crippen LogP contribution in [0.3, 0.4) is 0 Å². The molecule has 0 saturated carbocycles. The summed E-state index contributed by atoms with van der Waals surface area (Å²) < 4.78 is 41.2. The van der Waals surface area contributed by atoms with Gasteiger partial charge in [-0.25, -0.2) is 4.79 Å². The highest BCUT2D eigenvalue weighted by molar-refractivity contribution is 5.92. The molecule has 0 radical (unpaired) electrons. The summed E-state index contributed by atoms with van der Waals surface area (Å²) in [4.78, 5) is 28.1. The predicted molar refractivity (Wildman–Crippen MR) is 118 cm³/mol. The van der Waals surface area contributed by atoms with Gasteiger partial charge in [-0.3, -0.25) is 9.69 Å². The molecule has 0 aliphatic carbocycles. The first-order valence-electron chi connectivity index (χ1n) is 11.1. The summed E-state index contributed by atoms with van der Waals surface area (Å²) in [5, 5.41) is 6.52. The van der Waals surface area contributed by atoms with Gasteiger partial charge < -0.3 is 10.2 Å². The summed E-state index contributed by atoms with van der Waals surface area (Å²) in [6.07, 6.45) is -0.507. The molecule has 33 heavy (non-hydrogen) atoms. The fourth-order valence-corrected chi connectivity index (χ4v) is 4.40. The molecular formula is C23H30F3N5O2. The van der Waals surface area contributed by atoms with Gasteiger partial charge in [0.25, 0.3) is 5.91 Å². The molecule has 2 amide bonds. The van der Waals surface area contributed by atoms with E-state index in [2.05, 4.69) is 10.4 Å². The standard InChI is InChI=1S/C23H30F3N5O2/c1-4-18(29(3)15-17-7-5-6-8-19(17)23(24,25)26)13-16-9-11-30(14-16)22(33)31-12-10-20(28-31)21(32)27-2/h5-8,10,12,16,18H,4,9,11,13-15H2,1-3H3,(H,27,32)/t16-,18+/m1/s1. The third-order valence-corrected chi connectivity index (χ3v) is 6.24. The maximum Gasteiger partial charge on any atom is 0.416 e. The number of hydrogen-bond donors (Lipinski definition) is 1. The number of amides is 2. The number of rotatable bonds is 7. The number of carbonyl (C=O) groups excluding carboxylic acids is 2. The molecule has 1 aliphatic rings. The van der Waals surface area contributed by atoms with Crippen LogP contribution in [0.2, 0.25) is 0 Å². The Bertz CT molecular complexity index is 975. The lowest BCUT2D eigenvalue weighted by Gasteiger charge is -2.30. The Morgan fingerprint density at radius 2 is 2.00 bits per heavy atom. The molecule has 0 spiro atoms. The first-order valence-corrected chi connectivity index (χ1v) is 11.1. The van der Waals surface area contributed by atoms with Gasteiger partial charge in [0, 0.05) is 38.9 Å². The van der Waals surface area contributed by atoms with Crippen LogP contribution in [0.25, 0.3) is 0 Å². The van der Waals surface area contributed by atoms with Crippen molar-refractivity contribution >= 4 is 11.9 Å². The van der Waals surface area contributed by atoms with E-state index in [1.54, 1.807) is 11.0 Å². The molecule has 0 bridgehead atoms. The van der Waals surface area contributed by atoms with Crippen LogP contribution < -0.4 is 5.32 Å². The lowest BCUT2D eigenvalue weighted by atomic mass is 9.96. The predicted octanol–water partition coefficient (Wildman–Crippen LogP) is 3.85. The summed E-state index contributed by atoms with van der Waals surface area (Å²) in [7, 11) is 3.35. The average Bonchev–Trinajstić information content (AvgIpc) is 3.46. The van der Waals surface area contributed by atoms with Crippen molar-refractivity contribution in [1.82, 2.24) is 24.9 Å². The molecule has 2 atom stereocenters. The third kappa shape index (κ3) is 5.93. The Hall–Kier alpha value is -2.88. The summed E-state index contributed by atoms with van der Waals surface area (Å²) in [5.41, 5.74) is -0.159. The van der Waals surface area contributed by atoms with Crippen molar-refractivity contribution in [3.63, 3.8) is 0 Å². The molecule has 10 heteroatoms. The summed E-state index contributed by atoms with van der Waals surface area (Å²) in [5.74, 6) is -0.116. The smallest absolute Gasteiger partial charge is 0.354 e. The zero-order valence-corrected chi connectivity index (χ0v) is 19.1. The largest absolute Gasteiger partial charge is 0.416 e. The van der Waals surface area contributed by atoms with E-state index in [4.69, 9.17) is 0 Å². The van der Waals surface area contributed by atoms with Gasteiger partial charge in [0.1, 0.15) is 0 Å². The van der Waals surface area contributed by atoms with E-state index in [0.29, 0.717) is 13.1 Å². The van der Waals surface area contributed by atoms with Crippen LogP contribution >= 0.6 is 0 Å². The van der Waals surface area contributed by atoms with Crippen LogP contribution in [-0.2, 0) is 12.7 Å². The van der Waals surface area contributed by atoms with E-state index < -0.39 is 11.7 Å². The second-order valence-corrected chi connectivity index (χ2v) is 8.48. The summed E-state index contributed by atoms with van der Waals surface area (Å²) >= 11 is 0. The van der Waals surface area contributed by atoms with Gasteiger partial charge in [-0.2, -0.15) is 23.0 Å². The first kappa shape index (κ1) is 24.8. The van der Waals surface area contributed by atoms with E-state index in [9.17, 15) is 22.8 Å². The number of carbonyl (C=O) groups is 2. The molecule has 1 aliphatic heterocycles. The van der Waals surface area contributed by atoms with Crippen molar-refractivity contribution in [1.29, 1.82) is 0 Å². The monoisotopic (exact) mass is 465 g/mol. The minimum atomic E-state index is -4.38. The fourth-order valence-electron chi connectivity index (χ4n) is 4.40. The number of halogens is 3. The van der Waals surface area contributed by atoms with Gasteiger partial charge in [-0.05, 0) is 49.9 Å². The van der Waals surface area contributed by atoms with Gasteiger partial charge in [0.15, 0.2) is 5.69 Å². The van der Waals surface area contributed by atoms with Crippen LogP contribution in [0.5, 0.6) is 0 Å². The molecule has 1 fully saturated rings. The zero-order chi connectivity index (χ0) is 24.2. The molecule has 2 heterocycles. The minimum Gasteiger partial charge on any atom is -0.354 e. The maximum atomic E-state index is 13.3. The van der Waals surface area contributed by atoms with Crippen LogP contribution in [0.4, 0.5) is 18.0 Å². The van der Waals surface area contributed by atoms with Crippen molar-refractivity contribution in [2.45, 2.75) is 44.9 Å². The Balaban J connectivity index is 1.60. The van der Waals surface area contributed by atoms with Crippen molar-refractivity contribution in [3.05, 3.63) is 53.3 Å². The van der Waals surface area contributed by atoms with Gasteiger partial charge >= 0.3 is 12.2 Å². The zero-order valence-electron chi connectivity index (χ0n) is 19.1. The van der Waals surface area contributed by atoms with Crippen LogP contribution in [0.1, 0.15) is 47.8 Å². The Labute approximate surface area is 191 Å². The Morgan fingerprint density at radius 1 is 1.27 bits per heavy atom. The van der Waals surface area contributed by atoms with Crippen LogP contribution in [0.15, 0.2) is 36.5 Å². The third-order valence-electron chi connectivity index (χ3n) is 6.24. The topological polar surface area (TPSA) is 70.5 Å². The molecule has 7 nitrogen and oxygen atoms in total. The van der Waals surface area contributed by atoms with E-state index in [1.807, 2.05) is 18.9 Å². The van der Waals surface area contributed by atoms with Crippen molar-refractivity contribution in [3.8, 4) is 0 Å². The number of likely N-dealkylation sites (tertiary alicyclic amines) is 1. The highest BCUT2D eigenvalue weighted by Crippen LogP contribution is 2.33. The van der Waals surface area contributed by atoms with Crippen molar-refractivity contribution in [2.75, 3.05) is 27.2 Å². The molecule has 3 rings (SSSR count). The van der Waals surface area contributed by atoms with E-state index >= 15 is 0 Å². The highest BCUT2D eigenvalue weighted by Gasteiger charge is 2.34. The highest BCUT2D eigenvalue weighted by atomic mass is 19.4. The van der Waals surface area contributed by atoms with Crippen LogP contribution in [0, 0.1) is 5.92 Å². The normalized spacial score (nSPS) is 17.4. The summed E-state index contributed by atoms with van der Waals surface area (Å²) in [6.45, 7) is 3.37. The number of nitrogens with zero attached hydrogens (tertiary/aromatic N) is 4. The Morgan fingerprint density at radius 3 is 2.67 bits per heavy atom. The van der Waals surface area contributed by atoms with Crippen molar-refractivity contribution < 1.29 is 22.8 Å². The molecular weight excluding hydrogens is 435 g/mol. The quantitative estimate of drug-likeness (QED) is 0.674. The van der Waals surface area contributed by atoms with Crippen molar-refractivity contribution in [2.24, 2.45) is 5.92 Å². The van der Waals surface area contributed by atoms with Crippen LogP contribution in [-0.4, -0.2) is 64.7 Å². The first-order chi connectivity index (χ1) is 15.6. The maximum absolute atomic E-state index is 13.3. The van der Waals surface area contributed by atoms with Gasteiger partial charge in [0.05, 0.1) is 5.56 Å². The molecule has 1 N–H and O–H groups in total. The lowest BCUT2D eigenvalue weighted by molar-refractivity contribution is -0.138.